The Morgan fingerprint density at radius 1 is 1.53 bits per heavy atom. The maximum Gasteiger partial charge on any atom is 0.270 e. The third-order valence-electron chi connectivity index (χ3n) is 2.41. The highest BCUT2D eigenvalue weighted by Crippen LogP contribution is 2.21. The van der Waals surface area contributed by atoms with Gasteiger partial charge in [-0.2, -0.15) is 10.2 Å². The van der Waals surface area contributed by atoms with Gasteiger partial charge >= 0.3 is 0 Å². The molecule has 0 aliphatic rings. The molecule has 0 atom stereocenters. The van der Waals surface area contributed by atoms with Gasteiger partial charge in [-0.25, -0.2) is 0 Å². The van der Waals surface area contributed by atoms with E-state index in [0.29, 0.717) is 24.5 Å². The van der Waals surface area contributed by atoms with Crippen molar-refractivity contribution in [2.24, 2.45) is 0 Å². The number of nitrogens with one attached hydrogen (secondary N) is 1. The first-order chi connectivity index (χ1) is 9.20. The molecule has 0 fully saturated rings. The van der Waals surface area contributed by atoms with E-state index in [9.17, 15) is 10.1 Å². The first-order valence-corrected chi connectivity index (χ1v) is 5.38. The molecule has 0 saturated heterocycles. The zero-order valence-electron chi connectivity index (χ0n) is 9.74. The van der Waals surface area contributed by atoms with E-state index in [1.165, 1.54) is 24.6 Å². The van der Waals surface area contributed by atoms with Crippen molar-refractivity contribution in [2.45, 2.75) is 6.42 Å². The van der Waals surface area contributed by atoms with Gasteiger partial charge in [0.2, 0.25) is 6.39 Å². The van der Waals surface area contributed by atoms with Gasteiger partial charge in [0.1, 0.15) is 6.07 Å². The maximum absolute atomic E-state index is 10.6. The van der Waals surface area contributed by atoms with E-state index in [1.54, 1.807) is 0 Å². The molecule has 0 radical (unpaired) electrons. The van der Waals surface area contributed by atoms with Gasteiger partial charge in [0.05, 0.1) is 16.2 Å². The molecule has 8 heteroatoms. The van der Waals surface area contributed by atoms with Gasteiger partial charge in [-0.3, -0.25) is 10.1 Å². The maximum atomic E-state index is 10.6. The summed E-state index contributed by atoms with van der Waals surface area (Å²) in [5, 5.41) is 26.2. The van der Waals surface area contributed by atoms with Crippen molar-refractivity contribution < 1.29 is 9.45 Å². The van der Waals surface area contributed by atoms with E-state index >= 15 is 0 Å². The van der Waals surface area contributed by atoms with Crippen molar-refractivity contribution in [3.05, 3.63) is 46.1 Å². The quantitative estimate of drug-likeness (QED) is 0.638. The zero-order valence-corrected chi connectivity index (χ0v) is 9.74. The third kappa shape index (κ3) is 3.04. The van der Waals surface area contributed by atoms with Crippen LogP contribution in [0.2, 0.25) is 0 Å². The Hall–Kier alpha value is -2.95. The minimum atomic E-state index is -0.538. The summed E-state index contributed by atoms with van der Waals surface area (Å²) in [4.78, 5) is 13.9. The first kappa shape index (κ1) is 12.5. The Balaban J connectivity index is 2.04. The number of hydrogen-bond donors (Lipinski definition) is 1. The van der Waals surface area contributed by atoms with E-state index in [0.717, 1.165) is 0 Å². The summed E-state index contributed by atoms with van der Waals surface area (Å²) in [6, 6.07) is 6.00. The lowest BCUT2D eigenvalue weighted by Gasteiger charge is -2.06. The van der Waals surface area contributed by atoms with Gasteiger partial charge in [-0.1, -0.05) is 5.16 Å². The predicted molar refractivity (Wildman–Crippen MR) is 64.3 cm³/mol. The summed E-state index contributed by atoms with van der Waals surface area (Å²) >= 11 is 0. The molecule has 0 aliphatic heterocycles. The molecule has 0 amide bonds. The fourth-order valence-electron chi connectivity index (χ4n) is 1.50. The molecule has 2 rings (SSSR count). The highest BCUT2D eigenvalue weighted by Gasteiger charge is 2.10. The van der Waals surface area contributed by atoms with Gasteiger partial charge in [0.25, 0.3) is 5.69 Å². The van der Waals surface area contributed by atoms with Crippen molar-refractivity contribution in [1.29, 1.82) is 5.26 Å². The van der Waals surface area contributed by atoms with Crippen LogP contribution < -0.4 is 5.32 Å². The number of nitro groups is 1. The fourth-order valence-corrected chi connectivity index (χ4v) is 1.50. The van der Waals surface area contributed by atoms with Crippen LogP contribution in [0.3, 0.4) is 0 Å². The highest BCUT2D eigenvalue weighted by molar-refractivity contribution is 5.61. The van der Waals surface area contributed by atoms with Crippen LogP contribution in [0.4, 0.5) is 11.4 Å². The largest absolute Gasteiger partial charge is 0.384 e. The van der Waals surface area contributed by atoms with Crippen LogP contribution >= 0.6 is 0 Å². The van der Waals surface area contributed by atoms with E-state index in [2.05, 4.69) is 20.0 Å². The summed E-state index contributed by atoms with van der Waals surface area (Å²) in [5.74, 6) is 0.549. The second-order valence-electron chi connectivity index (χ2n) is 3.62. The molecule has 8 nitrogen and oxygen atoms in total. The number of rotatable bonds is 5. The summed E-state index contributed by atoms with van der Waals surface area (Å²) < 4.78 is 4.59. The minimum absolute atomic E-state index is 0.111. The average molecular weight is 259 g/mol. The number of nitro benzene ring substituents is 1. The molecule has 0 aliphatic carbocycles. The van der Waals surface area contributed by atoms with Crippen molar-refractivity contribution in [2.75, 3.05) is 11.9 Å². The number of hydrogen-bond acceptors (Lipinski definition) is 7. The van der Waals surface area contributed by atoms with Gasteiger partial charge < -0.3 is 9.84 Å². The van der Waals surface area contributed by atoms with E-state index in [4.69, 9.17) is 5.26 Å². The Labute approximate surface area is 107 Å². The normalized spacial score (nSPS) is 9.84. The van der Waals surface area contributed by atoms with Crippen LogP contribution in [0.15, 0.2) is 29.1 Å². The lowest BCUT2D eigenvalue weighted by Crippen LogP contribution is -2.07. The minimum Gasteiger partial charge on any atom is -0.384 e. The van der Waals surface area contributed by atoms with Crippen LogP contribution in [0.25, 0.3) is 0 Å². The fraction of sp³-hybridized carbons (Fsp3) is 0.182. The number of anilines is 1. The van der Waals surface area contributed by atoms with Crippen LogP contribution in [0.1, 0.15) is 11.4 Å². The number of benzene rings is 1. The number of aromatic nitrogens is 2. The topological polar surface area (TPSA) is 118 Å². The van der Waals surface area contributed by atoms with E-state index in [1.807, 2.05) is 6.07 Å². The van der Waals surface area contributed by atoms with Gasteiger partial charge in [0, 0.05) is 25.1 Å². The Morgan fingerprint density at radius 3 is 3.00 bits per heavy atom. The summed E-state index contributed by atoms with van der Waals surface area (Å²) in [7, 11) is 0. The van der Waals surface area contributed by atoms with Crippen LogP contribution in [0, 0.1) is 21.4 Å². The molecular formula is C11H9N5O3. The molecule has 1 aromatic carbocycles. The predicted octanol–water partition coefficient (Wildman–Crippen LogP) is 1.50. The van der Waals surface area contributed by atoms with Crippen LogP contribution in [-0.4, -0.2) is 21.6 Å². The molecule has 96 valence electrons. The SMILES string of the molecule is N#Cc1cc([N+](=O)[O-])ccc1NCCc1ncon1. The van der Waals surface area contributed by atoms with Gasteiger partial charge in [-0.15, -0.1) is 0 Å². The van der Waals surface area contributed by atoms with E-state index in [-0.39, 0.29) is 11.3 Å². The average Bonchev–Trinajstić information content (AvgIpc) is 2.92. The summed E-state index contributed by atoms with van der Waals surface area (Å²) in [6.07, 6.45) is 1.76. The zero-order chi connectivity index (χ0) is 13.7. The molecule has 2 aromatic rings. The lowest BCUT2D eigenvalue weighted by atomic mass is 10.1. The summed E-state index contributed by atoms with van der Waals surface area (Å²) in [6.45, 7) is 0.492. The monoisotopic (exact) mass is 259 g/mol. The molecule has 0 unspecified atom stereocenters. The Morgan fingerprint density at radius 2 is 2.37 bits per heavy atom. The molecule has 0 spiro atoms. The molecule has 1 aromatic heterocycles. The van der Waals surface area contributed by atoms with Crippen LogP contribution in [-0.2, 0) is 6.42 Å². The standard InChI is InChI=1S/C11H9N5O3/c12-6-8-5-9(16(17)18)1-2-10(8)13-4-3-11-14-7-19-15-11/h1-2,5,7,13H,3-4H2. The second-order valence-corrected chi connectivity index (χ2v) is 3.62. The second kappa shape index (κ2) is 5.59. The summed E-state index contributed by atoms with van der Waals surface area (Å²) in [5.41, 5.74) is 0.652. The first-order valence-electron chi connectivity index (χ1n) is 5.38. The van der Waals surface area contributed by atoms with E-state index < -0.39 is 4.92 Å². The van der Waals surface area contributed by atoms with Gasteiger partial charge in [-0.05, 0) is 6.07 Å². The molecule has 1 heterocycles. The highest BCUT2D eigenvalue weighted by atomic mass is 16.6. The van der Waals surface area contributed by atoms with Crippen molar-refractivity contribution >= 4 is 11.4 Å². The lowest BCUT2D eigenvalue weighted by molar-refractivity contribution is -0.384. The van der Waals surface area contributed by atoms with Crippen molar-refractivity contribution in [3.63, 3.8) is 0 Å². The Bertz CT molecular complexity index is 618. The molecule has 0 bridgehead atoms. The number of nitrogens with zero attached hydrogens (tertiary/aromatic N) is 4. The van der Waals surface area contributed by atoms with Gasteiger partial charge in [0.15, 0.2) is 5.82 Å². The Kier molecular flexibility index (Phi) is 3.68. The van der Waals surface area contributed by atoms with Crippen LogP contribution in [0.5, 0.6) is 0 Å². The molecule has 1 N–H and O–H groups in total. The van der Waals surface area contributed by atoms with Crippen molar-refractivity contribution in [1.82, 2.24) is 10.1 Å². The molecule has 19 heavy (non-hydrogen) atoms. The number of non-ortho nitro benzene ring substituents is 1. The third-order valence-corrected chi connectivity index (χ3v) is 2.41. The number of nitriles is 1. The van der Waals surface area contributed by atoms with Crippen molar-refractivity contribution in [3.8, 4) is 6.07 Å². The molecular weight excluding hydrogens is 250 g/mol. The smallest absolute Gasteiger partial charge is 0.270 e. The molecule has 0 saturated carbocycles.